The van der Waals surface area contributed by atoms with Gasteiger partial charge >= 0.3 is 0 Å². The van der Waals surface area contributed by atoms with Gasteiger partial charge in [0.15, 0.2) is 0 Å². The van der Waals surface area contributed by atoms with Gasteiger partial charge < -0.3 is 11.1 Å². The fourth-order valence-electron chi connectivity index (χ4n) is 1.72. The van der Waals surface area contributed by atoms with Gasteiger partial charge in [-0.25, -0.2) is 0 Å². The number of benzene rings is 1. The molecule has 3 nitrogen and oxygen atoms in total. The molecule has 0 radical (unpaired) electrons. The minimum Gasteiger partial charge on any atom is -0.345 e. The van der Waals surface area contributed by atoms with Crippen LogP contribution in [0.3, 0.4) is 0 Å². The van der Waals surface area contributed by atoms with E-state index >= 15 is 0 Å². The Morgan fingerprint density at radius 3 is 2.41 bits per heavy atom. The molecule has 1 rings (SSSR count). The highest BCUT2D eigenvalue weighted by molar-refractivity contribution is 6.33. The van der Waals surface area contributed by atoms with E-state index in [1.807, 2.05) is 13.8 Å². The molecule has 0 fully saturated rings. The molecule has 4 heteroatoms. The van der Waals surface area contributed by atoms with Crippen molar-refractivity contribution in [1.29, 1.82) is 0 Å². The van der Waals surface area contributed by atoms with E-state index in [-0.39, 0.29) is 11.4 Å². The van der Waals surface area contributed by atoms with Crippen LogP contribution in [-0.2, 0) is 0 Å². The zero-order valence-corrected chi connectivity index (χ0v) is 11.1. The average Bonchev–Trinajstić information content (AvgIpc) is 2.36. The summed E-state index contributed by atoms with van der Waals surface area (Å²) in [4.78, 5) is 12.1. The fourth-order valence-corrected chi connectivity index (χ4v) is 1.94. The molecule has 0 aliphatic carbocycles. The lowest BCUT2D eigenvalue weighted by molar-refractivity contribution is 0.0895. The summed E-state index contributed by atoms with van der Waals surface area (Å²) in [5, 5.41) is 3.45. The number of nitrogens with two attached hydrogens (primary N) is 1. The third kappa shape index (κ3) is 3.20. The summed E-state index contributed by atoms with van der Waals surface area (Å²) in [5.41, 5.74) is 5.90. The number of hydrogen-bond donors (Lipinski definition) is 2. The summed E-state index contributed by atoms with van der Waals surface area (Å²) < 4.78 is 0. The van der Waals surface area contributed by atoms with E-state index in [1.165, 1.54) is 0 Å². The van der Waals surface area contributed by atoms with Crippen LogP contribution in [0.1, 0.15) is 37.0 Å². The zero-order chi connectivity index (χ0) is 12.9. The number of carbonyl (C=O) groups excluding carboxylic acids is 1. The summed E-state index contributed by atoms with van der Waals surface area (Å²) in [5.74, 6) is -0.162. The lowest BCUT2D eigenvalue weighted by Crippen LogP contribution is -2.52. The summed E-state index contributed by atoms with van der Waals surface area (Å²) in [6.45, 7) is 4.46. The second kappa shape index (κ2) is 6.03. The van der Waals surface area contributed by atoms with Crippen molar-refractivity contribution in [2.45, 2.75) is 32.2 Å². The molecule has 0 atom stereocenters. The van der Waals surface area contributed by atoms with Crippen molar-refractivity contribution in [1.82, 2.24) is 5.32 Å². The van der Waals surface area contributed by atoms with Gasteiger partial charge in [-0.15, -0.1) is 0 Å². The number of rotatable bonds is 5. The van der Waals surface area contributed by atoms with Gasteiger partial charge in [0.2, 0.25) is 0 Å². The minimum atomic E-state index is -0.337. The molecule has 94 valence electrons. The van der Waals surface area contributed by atoms with E-state index in [0.717, 1.165) is 12.8 Å². The first kappa shape index (κ1) is 14.0. The first-order chi connectivity index (χ1) is 8.08. The molecule has 0 bridgehead atoms. The molecule has 1 amide bonds. The first-order valence-corrected chi connectivity index (χ1v) is 6.23. The Labute approximate surface area is 107 Å². The van der Waals surface area contributed by atoms with Crippen molar-refractivity contribution in [2.24, 2.45) is 5.73 Å². The van der Waals surface area contributed by atoms with E-state index in [0.29, 0.717) is 17.1 Å². The number of halogens is 1. The summed E-state index contributed by atoms with van der Waals surface area (Å²) in [7, 11) is 0. The molecular weight excluding hydrogens is 236 g/mol. The first-order valence-electron chi connectivity index (χ1n) is 5.85. The number of nitrogens with one attached hydrogen (secondary N) is 1. The predicted octanol–water partition coefficient (Wildman–Crippen LogP) is 2.59. The molecule has 0 aliphatic rings. The van der Waals surface area contributed by atoms with Gasteiger partial charge in [-0.05, 0) is 25.0 Å². The van der Waals surface area contributed by atoms with Gasteiger partial charge in [-0.2, -0.15) is 0 Å². The van der Waals surface area contributed by atoms with Gasteiger partial charge in [0.05, 0.1) is 16.1 Å². The fraction of sp³-hybridized carbons (Fsp3) is 0.462. The molecule has 17 heavy (non-hydrogen) atoms. The van der Waals surface area contributed by atoms with Crippen molar-refractivity contribution in [2.75, 3.05) is 6.54 Å². The Bertz CT molecular complexity index is 380. The Morgan fingerprint density at radius 2 is 1.94 bits per heavy atom. The molecule has 0 aliphatic heterocycles. The molecule has 3 N–H and O–H groups in total. The second-order valence-electron chi connectivity index (χ2n) is 4.13. The van der Waals surface area contributed by atoms with E-state index in [1.54, 1.807) is 24.3 Å². The maximum absolute atomic E-state index is 12.1. The summed E-state index contributed by atoms with van der Waals surface area (Å²) in [6, 6.07) is 7.01. The van der Waals surface area contributed by atoms with E-state index in [4.69, 9.17) is 17.3 Å². The molecule has 0 unspecified atom stereocenters. The highest BCUT2D eigenvalue weighted by Gasteiger charge is 2.27. The maximum Gasteiger partial charge on any atom is 0.253 e. The van der Waals surface area contributed by atoms with Gasteiger partial charge in [0, 0.05) is 6.54 Å². The molecule has 0 saturated heterocycles. The predicted molar refractivity (Wildman–Crippen MR) is 71.3 cm³/mol. The third-order valence-corrected chi connectivity index (χ3v) is 3.57. The highest BCUT2D eigenvalue weighted by atomic mass is 35.5. The minimum absolute atomic E-state index is 0.162. The van der Waals surface area contributed by atoms with Gasteiger partial charge in [0.1, 0.15) is 0 Å². The molecule has 1 aromatic carbocycles. The summed E-state index contributed by atoms with van der Waals surface area (Å²) in [6.07, 6.45) is 1.60. The largest absolute Gasteiger partial charge is 0.345 e. The zero-order valence-electron chi connectivity index (χ0n) is 10.3. The summed E-state index contributed by atoms with van der Waals surface area (Å²) >= 11 is 5.99. The molecule has 0 spiro atoms. The topological polar surface area (TPSA) is 55.1 Å². The lowest BCUT2D eigenvalue weighted by atomic mass is 9.92. The van der Waals surface area contributed by atoms with Gasteiger partial charge in [-0.1, -0.05) is 37.6 Å². The van der Waals surface area contributed by atoms with Crippen molar-refractivity contribution >= 4 is 17.5 Å². The van der Waals surface area contributed by atoms with Crippen LogP contribution in [0, 0.1) is 0 Å². The van der Waals surface area contributed by atoms with Gasteiger partial charge in [-0.3, -0.25) is 4.79 Å². The molecule has 0 heterocycles. The molecular formula is C13H19ClN2O. The van der Waals surface area contributed by atoms with Crippen LogP contribution < -0.4 is 11.1 Å². The normalized spacial score (nSPS) is 11.3. The molecule has 0 aromatic heterocycles. The van der Waals surface area contributed by atoms with Crippen LogP contribution in [0.25, 0.3) is 0 Å². The van der Waals surface area contributed by atoms with Crippen LogP contribution in [0.5, 0.6) is 0 Å². The smallest absolute Gasteiger partial charge is 0.253 e. The SMILES string of the molecule is CCC(CC)(CN)NC(=O)c1ccccc1Cl. The number of carbonyl (C=O) groups is 1. The molecule has 1 aromatic rings. The Morgan fingerprint density at radius 1 is 1.35 bits per heavy atom. The van der Waals surface area contributed by atoms with Crippen molar-refractivity contribution in [3.05, 3.63) is 34.9 Å². The van der Waals surface area contributed by atoms with Crippen LogP contribution >= 0.6 is 11.6 Å². The van der Waals surface area contributed by atoms with E-state index < -0.39 is 0 Å². The average molecular weight is 255 g/mol. The number of hydrogen-bond acceptors (Lipinski definition) is 2. The quantitative estimate of drug-likeness (QED) is 0.849. The lowest BCUT2D eigenvalue weighted by Gasteiger charge is -2.31. The molecule has 0 saturated carbocycles. The Balaban J connectivity index is 2.89. The standard InChI is InChI=1S/C13H19ClN2O/c1-3-13(4-2,9-15)16-12(17)10-7-5-6-8-11(10)14/h5-8H,3-4,9,15H2,1-2H3,(H,16,17). The Hall–Kier alpha value is -1.06. The highest BCUT2D eigenvalue weighted by Crippen LogP contribution is 2.18. The maximum atomic E-state index is 12.1. The Kier molecular flexibility index (Phi) is 4.97. The van der Waals surface area contributed by atoms with Crippen LogP contribution in [0.4, 0.5) is 0 Å². The number of amides is 1. The van der Waals surface area contributed by atoms with Crippen LogP contribution in [0.15, 0.2) is 24.3 Å². The van der Waals surface area contributed by atoms with Crippen molar-refractivity contribution in [3.8, 4) is 0 Å². The van der Waals surface area contributed by atoms with Gasteiger partial charge in [0.25, 0.3) is 5.91 Å². The van der Waals surface area contributed by atoms with Crippen molar-refractivity contribution < 1.29 is 4.79 Å². The monoisotopic (exact) mass is 254 g/mol. The van der Waals surface area contributed by atoms with E-state index in [2.05, 4.69) is 5.32 Å². The van der Waals surface area contributed by atoms with E-state index in [9.17, 15) is 4.79 Å². The van der Waals surface area contributed by atoms with Crippen molar-refractivity contribution in [3.63, 3.8) is 0 Å². The second-order valence-corrected chi connectivity index (χ2v) is 4.53. The third-order valence-electron chi connectivity index (χ3n) is 3.24. The van der Waals surface area contributed by atoms with Crippen LogP contribution in [0.2, 0.25) is 5.02 Å². The van der Waals surface area contributed by atoms with Crippen LogP contribution in [-0.4, -0.2) is 18.0 Å².